The lowest BCUT2D eigenvalue weighted by atomic mass is 9.96. The third-order valence-electron chi connectivity index (χ3n) is 5.90. The fraction of sp³-hybridized carbons (Fsp3) is 1.00. The fourth-order valence-corrected chi connectivity index (χ4v) is 5.04. The van der Waals surface area contributed by atoms with E-state index in [9.17, 15) is 4.57 Å². The Labute approximate surface area is 193 Å². The average molecular weight is 467 g/mol. The molecular weight excluding hydrogens is 415 g/mol. The van der Waals surface area contributed by atoms with Crippen LogP contribution < -0.4 is 0 Å². The highest BCUT2D eigenvalue weighted by Crippen LogP contribution is 2.51. The van der Waals surface area contributed by atoms with Gasteiger partial charge < -0.3 is 0 Å². The van der Waals surface area contributed by atoms with Gasteiger partial charge >= 0.3 is 7.82 Å². The van der Waals surface area contributed by atoms with Crippen LogP contribution in [0.25, 0.3) is 0 Å². The van der Waals surface area contributed by atoms with E-state index in [1.165, 1.54) is 77.0 Å². The largest absolute Gasteiger partial charge is 0.485 e. The third kappa shape index (κ3) is 17.1. The number of phosphoric acid groups is 1. The highest BCUT2D eigenvalue weighted by Gasteiger charge is 2.28. The summed E-state index contributed by atoms with van der Waals surface area (Å²) in [6, 6.07) is 0. The maximum absolute atomic E-state index is 12.9. The minimum absolute atomic E-state index is 0.409. The van der Waals surface area contributed by atoms with E-state index < -0.39 is 7.82 Å². The zero-order chi connectivity index (χ0) is 22.5. The summed E-state index contributed by atoms with van der Waals surface area (Å²) < 4.78 is 29.3. The molecule has 4 nitrogen and oxygen atoms in total. The van der Waals surface area contributed by atoms with E-state index in [2.05, 4.69) is 40.6 Å². The third-order valence-corrected chi connectivity index (χ3v) is 7.63. The molecule has 0 saturated carbocycles. The highest BCUT2D eigenvalue weighted by atomic mass is 32.1. The number of hydrogen-bond donors (Lipinski definition) is 1. The second kappa shape index (κ2) is 21.3. The molecule has 0 aliphatic carbocycles. The molecule has 0 fully saturated rings. The van der Waals surface area contributed by atoms with Crippen LogP contribution in [0.1, 0.15) is 130 Å². The van der Waals surface area contributed by atoms with E-state index in [1.807, 2.05) is 0 Å². The zero-order valence-electron chi connectivity index (χ0n) is 20.4. The molecule has 0 N–H and O–H groups in total. The lowest BCUT2D eigenvalue weighted by molar-refractivity contribution is 0.117. The van der Waals surface area contributed by atoms with Gasteiger partial charge in [-0.2, -0.15) is 0 Å². The Kier molecular flexibility index (Phi) is 21.6. The van der Waals surface area contributed by atoms with Gasteiger partial charge in [-0.15, -0.1) is 0 Å². The van der Waals surface area contributed by atoms with Gasteiger partial charge in [-0.3, -0.25) is 9.05 Å². The Bertz CT molecular complexity index is 377. The van der Waals surface area contributed by atoms with E-state index in [-0.39, 0.29) is 0 Å². The van der Waals surface area contributed by atoms with Gasteiger partial charge in [0.2, 0.25) is 0 Å². The molecule has 0 aliphatic heterocycles. The quantitative estimate of drug-likeness (QED) is 0.0704. The molecule has 0 amide bonds. The summed E-state index contributed by atoms with van der Waals surface area (Å²) in [6.45, 7) is 9.73. The molecule has 182 valence electrons. The number of hydrogen-bond acceptors (Lipinski definition) is 5. The number of rotatable bonds is 23. The van der Waals surface area contributed by atoms with Crippen LogP contribution in [0.4, 0.5) is 0 Å². The molecule has 0 aromatic rings. The van der Waals surface area contributed by atoms with Crippen molar-refractivity contribution in [2.75, 3.05) is 13.2 Å². The SMILES string of the molecule is CCCCCCC(CCCC)COP(=O)(OS)OCC(CCCC)CCCCCC. The molecule has 0 rings (SSSR count). The van der Waals surface area contributed by atoms with Crippen LogP contribution >= 0.6 is 20.7 Å². The first-order chi connectivity index (χ1) is 14.5. The van der Waals surface area contributed by atoms with Crippen molar-refractivity contribution in [1.82, 2.24) is 0 Å². The molecule has 0 saturated heterocycles. The standard InChI is InChI=1S/C24H51O4PS/c1-5-9-13-15-19-23(17-11-7-3)21-26-29(25,28-30)27-22-24(18-12-8-4)20-16-14-10-6-2/h23-24,30H,5-22H2,1-4H3. The van der Waals surface area contributed by atoms with Crippen molar-refractivity contribution in [2.24, 2.45) is 11.8 Å². The van der Waals surface area contributed by atoms with Crippen LogP contribution in [0, 0.1) is 11.8 Å². The summed E-state index contributed by atoms with van der Waals surface area (Å²) >= 11 is 3.83. The molecular formula is C24H51O4PS. The minimum Gasteiger partial charge on any atom is -0.286 e. The summed E-state index contributed by atoms with van der Waals surface area (Å²) in [5.41, 5.74) is 0. The number of thiol groups is 1. The topological polar surface area (TPSA) is 44.8 Å². The van der Waals surface area contributed by atoms with Crippen molar-refractivity contribution >= 4 is 20.7 Å². The van der Waals surface area contributed by atoms with E-state index in [4.69, 9.17) is 13.0 Å². The van der Waals surface area contributed by atoms with Crippen molar-refractivity contribution in [1.29, 1.82) is 0 Å². The summed E-state index contributed by atoms with van der Waals surface area (Å²) in [5.74, 6) is 0.819. The van der Waals surface area contributed by atoms with Gasteiger partial charge in [0, 0.05) is 0 Å². The van der Waals surface area contributed by atoms with Crippen molar-refractivity contribution in [3.63, 3.8) is 0 Å². The van der Waals surface area contributed by atoms with Gasteiger partial charge in [0.25, 0.3) is 0 Å². The van der Waals surface area contributed by atoms with Crippen LogP contribution in [-0.2, 0) is 17.6 Å². The lowest BCUT2D eigenvalue weighted by Gasteiger charge is -2.23. The lowest BCUT2D eigenvalue weighted by Crippen LogP contribution is -2.13. The average Bonchev–Trinajstić information content (AvgIpc) is 2.76. The van der Waals surface area contributed by atoms with E-state index in [0.29, 0.717) is 25.0 Å². The minimum atomic E-state index is -3.60. The Hall–Kier alpha value is 0.460. The first kappa shape index (κ1) is 30.5. The fourth-order valence-electron chi connectivity index (χ4n) is 3.80. The molecule has 0 aromatic heterocycles. The maximum Gasteiger partial charge on any atom is 0.485 e. The van der Waals surface area contributed by atoms with Crippen LogP contribution in [-0.4, -0.2) is 13.2 Å². The van der Waals surface area contributed by atoms with Crippen molar-refractivity contribution in [3.05, 3.63) is 0 Å². The maximum atomic E-state index is 12.9. The monoisotopic (exact) mass is 466 g/mol. The Morgan fingerprint density at radius 2 is 0.967 bits per heavy atom. The smallest absolute Gasteiger partial charge is 0.286 e. The second-order valence-electron chi connectivity index (χ2n) is 8.84. The van der Waals surface area contributed by atoms with Gasteiger partial charge in [0.1, 0.15) is 0 Å². The summed E-state index contributed by atoms with van der Waals surface area (Å²) in [6.07, 6.45) is 19.1. The first-order valence-corrected chi connectivity index (χ1v) is 14.6. The summed E-state index contributed by atoms with van der Waals surface area (Å²) in [4.78, 5) is 0. The molecule has 0 radical (unpaired) electrons. The number of phosphoric ester groups is 1. The van der Waals surface area contributed by atoms with Gasteiger partial charge in [0.05, 0.1) is 13.2 Å². The van der Waals surface area contributed by atoms with E-state index in [0.717, 1.165) is 25.7 Å². The first-order valence-electron chi connectivity index (χ1n) is 12.8. The van der Waals surface area contributed by atoms with Gasteiger partial charge in [-0.25, -0.2) is 8.54 Å². The molecule has 2 atom stereocenters. The van der Waals surface area contributed by atoms with Crippen LogP contribution in [0.3, 0.4) is 0 Å². The summed E-state index contributed by atoms with van der Waals surface area (Å²) in [7, 11) is -3.60. The molecule has 0 aliphatic rings. The molecule has 2 unspecified atom stereocenters. The molecule has 0 bridgehead atoms. The molecule has 30 heavy (non-hydrogen) atoms. The van der Waals surface area contributed by atoms with Crippen molar-refractivity contribution < 1.29 is 17.6 Å². The second-order valence-corrected chi connectivity index (χ2v) is 10.9. The predicted molar refractivity (Wildman–Crippen MR) is 133 cm³/mol. The zero-order valence-corrected chi connectivity index (χ0v) is 22.2. The van der Waals surface area contributed by atoms with Crippen LogP contribution in [0.5, 0.6) is 0 Å². The van der Waals surface area contributed by atoms with Crippen LogP contribution in [0.15, 0.2) is 0 Å². The van der Waals surface area contributed by atoms with E-state index >= 15 is 0 Å². The molecule has 0 spiro atoms. The van der Waals surface area contributed by atoms with Crippen molar-refractivity contribution in [3.8, 4) is 0 Å². The molecule has 0 aromatic carbocycles. The highest BCUT2D eigenvalue weighted by molar-refractivity contribution is 7.80. The normalized spacial score (nSPS) is 15.8. The molecule has 6 heteroatoms. The Morgan fingerprint density at radius 1 is 0.600 bits per heavy atom. The van der Waals surface area contributed by atoms with Gasteiger partial charge in [-0.1, -0.05) is 105 Å². The predicted octanol–water partition coefficient (Wildman–Crippen LogP) is 9.54. The molecule has 0 heterocycles. The number of unbranched alkanes of at least 4 members (excludes halogenated alkanes) is 8. The van der Waals surface area contributed by atoms with E-state index in [1.54, 1.807) is 0 Å². The van der Waals surface area contributed by atoms with Crippen LogP contribution in [0.2, 0.25) is 0 Å². The van der Waals surface area contributed by atoms with Gasteiger partial charge in [0.15, 0.2) is 0 Å². The summed E-state index contributed by atoms with van der Waals surface area (Å²) in [5, 5.41) is 0. The van der Waals surface area contributed by atoms with Crippen molar-refractivity contribution in [2.45, 2.75) is 130 Å². The Balaban J connectivity index is 4.57. The van der Waals surface area contributed by atoms with Gasteiger partial charge in [-0.05, 0) is 50.4 Å². The Morgan fingerprint density at radius 3 is 1.30 bits per heavy atom.